The average molecular weight is 346 g/mol. The Balaban J connectivity index is 1.96. The molecule has 1 aliphatic rings. The zero-order valence-corrected chi connectivity index (χ0v) is 12.5. The van der Waals surface area contributed by atoms with Crippen molar-refractivity contribution in [1.82, 2.24) is 15.3 Å². The lowest BCUT2D eigenvalue weighted by atomic mass is 9.90. The topological polar surface area (TPSA) is 41.0 Å². The van der Waals surface area contributed by atoms with E-state index in [1.54, 1.807) is 0 Å². The van der Waals surface area contributed by atoms with Gasteiger partial charge in [0.05, 0.1) is 0 Å². The van der Waals surface area contributed by atoms with Gasteiger partial charge in [-0.3, -0.25) is 0 Å². The van der Waals surface area contributed by atoms with Gasteiger partial charge in [-0.05, 0) is 55.3 Å². The van der Waals surface area contributed by atoms with Crippen LogP contribution in [0.15, 0.2) is 12.4 Å². The quantitative estimate of drug-likeness (QED) is 0.851. The van der Waals surface area contributed by atoms with Crippen LogP contribution < -0.4 is 10.2 Å². The second-order valence-corrected chi connectivity index (χ2v) is 5.85. The van der Waals surface area contributed by atoms with Crippen LogP contribution in [0, 0.1) is 3.57 Å². The van der Waals surface area contributed by atoms with Crippen LogP contribution in [-0.2, 0) is 0 Å². The highest BCUT2D eigenvalue weighted by Gasteiger charge is 2.24. The molecule has 1 aromatic heterocycles. The molecular formula is C12H19IN4. The third kappa shape index (κ3) is 3.28. The van der Waals surface area contributed by atoms with E-state index in [1.807, 2.05) is 12.4 Å². The first-order valence-corrected chi connectivity index (χ1v) is 7.16. The van der Waals surface area contributed by atoms with Crippen LogP contribution >= 0.6 is 22.6 Å². The summed E-state index contributed by atoms with van der Waals surface area (Å²) in [6.07, 6.45) is 8.68. The molecule has 0 aromatic carbocycles. The van der Waals surface area contributed by atoms with E-state index in [0.717, 1.165) is 9.52 Å². The molecule has 0 bridgehead atoms. The summed E-state index contributed by atoms with van der Waals surface area (Å²) in [7, 11) is 4.16. The van der Waals surface area contributed by atoms with Crippen LogP contribution in [0.5, 0.6) is 0 Å². The molecule has 1 saturated carbocycles. The van der Waals surface area contributed by atoms with Crippen LogP contribution in [0.25, 0.3) is 0 Å². The van der Waals surface area contributed by atoms with Crippen molar-refractivity contribution in [3.05, 3.63) is 16.0 Å². The predicted molar refractivity (Wildman–Crippen MR) is 78.3 cm³/mol. The van der Waals surface area contributed by atoms with Crippen molar-refractivity contribution in [1.29, 1.82) is 0 Å². The van der Waals surface area contributed by atoms with Gasteiger partial charge in [0.15, 0.2) is 0 Å². The minimum absolute atomic E-state index is 0.583. The standard InChI is InChI=1S/C12H19IN4/c1-14-10-3-5-11(6-4-10)17(2)12-15-7-9(13)8-16-12/h7-8,10-11,14H,3-6H2,1-2H3. The lowest BCUT2D eigenvalue weighted by Gasteiger charge is -2.34. The van der Waals surface area contributed by atoms with Crippen molar-refractivity contribution in [2.45, 2.75) is 37.8 Å². The largest absolute Gasteiger partial charge is 0.341 e. The van der Waals surface area contributed by atoms with Crippen LogP contribution in [0.4, 0.5) is 5.95 Å². The lowest BCUT2D eigenvalue weighted by molar-refractivity contribution is 0.349. The van der Waals surface area contributed by atoms with Gasteiger partial charge in [-0.15, -0.1) is 0 Å². The Morgan fingerprint density at radius 1 is 1.24 bits per heavy atom. The van der Waals surface area contributed by atoms with Crippen molar-refractivity contribution in [3.8, 4) is 0 Å². The van der Waals surface area contributed by atoms with E-state index < -0.39 is 0 Å². The number of halogens is 1. The van der Waals surface area contributed by atoms with Crippen LogP contribution in [0.3, 0.4) is 0 Å². The second-order valence-electron chi connectivity index (χ2n) is 4.61. The van der Waals surface area contributed by atoms with E-state index in [9.17, 15) is 0 Å². The molecule has 0 aliphatic heterocycles. The summed E-state index contributed by atoms with van der Waals surface area (Å²) in [6, 6.07) is 1.27. The first-order chi connectivity index (χ1) is 8.20. The fraction of sp³-hybridized carbons (Fsp3) is 0.667. The van der Waals surface area contributed by atoms with E-state index in [0.29, 0.717) is 12.1 Å². The number of hydrogen-bond donors (Lipinski definition) is 1. The zero-order valence-electron chi connectivity index (χ0n) is 10.4. The Bertz CT molecular complexity index is 346. The number of hydrogen-bond acceptors (Lipinski definition) is 4. The average Bonchev–Trinajstić information content (AvgIpc) is 2.39. The smallest absolute Gasteiger partial charge is 0.225 e. The summed E-state index contributed by atoms with van der Waals surface area (Å²) in [6.45, 7) is 0. The summed E-state index contributed by atoms with van der Waals surface area (Å²) >= 11 is 2.23. The predicted octanol–water partition coefficient (Wildman–Crippen LogP) is 2.05. The van der Waals surface area contributed by atoms with Crippen molar-refractivity contribution in [2.75, 3.05) is 19.0 Å². The van der Waals surface area contributed by atoms with E-state index in [-0.39, 0.29) is 0 Å². The molecule has 2 rings (SSSR count). The number of nitrogens with one attached hydrogen (secondary N) is 1. The molecular weight excluding hydrogens is 327 g/mol. The maximum Gasteiger partial charge on any atom is 0.225 e. The Labute approximate surface area is 116 Å². The number of rotatable bonds is 3. The van der Waals surface area contributed by atoms with E-state index in [4.69, 9.17) is 0 Å². The van der Waals surface area contributed by atoms with Crippen molar-refractivity contribution in [3.63, 3.8) is 0 Å². The van der Waals surface area contributed by atoms with Gasteiger partial charge in [-0.25, -0.2) is 9.97 Å². The van der Waals surface area contributed by atoms with Crippen LogP contribution in [0.1, 0.15) is 25.7 Å². The molecule has 0 radical (unpaired) electrons. The molecule has 0 saturated heterocycles. The molecule has 0 amide bonds. The monoisotopic (exact) mass is 346 g/mol. The molecule has 1 aromatic rings. The third-order valence-electron chi connectivity index (χ3n) is 3.57. The van der Waals surface area contributed by atoms with Gasteiger partial charge < -0.3 is 10.2 Å². The number of anilines is 1. The van der Waals surface area contributed by atoms with E-state index >= 15 is 0 Å². The maximum atomic E-state index is 4.38. The van der Waals surface area contributed by atoms with Gasteiger partial charge in [0, 0.05) is 35.1 Å². The molecule has 0 atom stereocenters. The van der Waals surface area contributed by atoms with Gasteiger partial charge >= 0.3 is 0 Å². The molecule has 1 heterocycles. The van der Waals surface area contributed by atoms with Gasteiger partial charge in [0.2, 0.25) is 5.95 Å². The third-order valence-corrected chi connectivity index (χ3v) is 4.13. The van der Waals surface area contributed by atoms with Crippen molar-refractivity contribution in [2.24, 2.45) is 0 Å². The minimum atomic E-state index is 0.583. The van der Waals surface area contributed by atoms with Crippen molar-refractivity contribution < 1.29 is 0 Å². The lowest BCUT2D eigenvalue weighted by Crippen LogP contribution is -2.40. The Morgan fingerprint density at radius 2 is 1.82 bits per heavy atom. The summed E-state index contributed by atoms with van der Waals surface area (Å²) in [5.41, 5.74) is 0. The Kier molecular flexibility index (Phi) is 4.55. The highest BCUT2D eigenvalue weighted by Crippen LogP contribution is 2.24. The van der Waals surface area contributed by atoms with Gasteiger partial charge in [-0.1, -0.05) is 0 Å². The maximum absolute atomic E-state index is 4.38. The molecule has 0 spiro atoms. The highest BCUT2D eigenvalue weighted by molar-refractivity contribution is 14.1. The van der Waals surface area contributed by atoms with Gasteiger partial charge in [0.25, 0.3) is 0 Å². The fourth-order valence-electron chi connectivity index (χ4n) is 2.40. The molecule has 0 unspecified atom stereocenters. The number of nitrogens with zero attached hydrogens (tertiary/aromatic N) is 3. The highest BCUT2D eigenvalue weighted by atomic mass is 127. The normalized spacial score (nSPS) is 24.6. The molecule has 17 heavy (non-hydrogen) atoms. The second kappa shape index (κ2) is 5.95. The molecule has 4 nitrogen and oxygen atoms in total. The van der Waals surface area contributed by atoms with Crippen LogP contribution in [0.2, 0.25) is 0 Å². The summed E-state index contributed by atoms with van der Waals surface area (Å²) in [5.74, 6) is 0.846. The van der Waals surface area contributed by atoms with Gasteiger partial charge in [0.1, 0.15) is 0 Å². The molecule has 1 N–H and O–H groups in total. The minimum Gasteiger partial charge on any atom is -0.341 e. The van der Waals surface area contributed by atoms with Crippen LogP contribution in [-0.4, -0.2) is 36.1 Å². The van der Waals surface area contributed by atoms with Crippen molar-refractivity contribution >= 4 is 28.5 Å². The Morgan fingerprint density at radius 3 is 2.35 bits per heavy atom. The zero-order chi connectivity index (χ0) is 12.3. The first kappa shape index (κ1) is 13.0. The number of aromatic nitrogens is 2. The van der Waals surface area contributed by atoms with Gasteiger partial charge in [-0.2, -0.15) is 0 Å². The summed E-state index contributed by atoms with van der Waals surface area (Å²) in [5, 5.41) is 3.36. The molecule has 1 fully saturated rings. The molecule has 5 heteroatoms. The fourth-order valence-corrected chi connectivity index (χ4v) is 2.68. The molecule has 1 aliphatic carbocycles. The SMILES string of the molecule is CNC1CCC(N(C)c2ncc(I)cn2)CC1. The molecule has 94 valence electrons. The van der Waals surface area contributed by atoms with E-state index in [1.165, 1.54) is 25.7 Å². The van der Waals surface area contributed by atoms with E-state index in [2.05, 4.69) is 56.9 Å². The summed E-state index contributed by atoms with van der Waals surface area (Å²) < 4.78 is 1.08. The summed E-state index contributed by atoms with van der Waals surface area (Å²) in [4.78, 5) is 11.0. The Hall–Kier alpha value is -0.430. The first-order valence-electron chi connectivity index (χ1n) is 6.08.